The Morgan fingerprint density at radius 3 is 2.63 bits per heavy atom. The minimum Gasteiger partial charge on any atom is -0.391 e. The fourth-order valence-electron chi connectivity index (χ4n) is 3.93. The molecule has 0 bridgehead atoms. The first-order valence-electron chi connectivity index (χ1n) is 10.3. The van der Waals surface area contributed by atoms with Crippen LogP contribution in [0.4, 0.5) is 5.69 Å². The number of anilines is 1. The first kappa shape index (κ1) is 21.3. The predicted molar refractivity (Wildman–Crippen MR) is 120 cm³/mol. The maximum atomic E-state index is 4.15. The van der Waals surface area contributed by atoms with Crippen molar-refractivity contribution in [3.8, 4) is 0 Å². The summed E-state index contributed by atoms with van der Waals surface area (Å²) in [7, 11) is 4.17. The molecule has 1 aliphatic carbocycles. The summed E-state index contributed by atoms with van der Waals surface area (Å²) in [5.41, 5.74) is 4.81. The van der Waals surface area contributed by atoms with Crippen LogP contribution in [0.1, 0.15) is 56.1 Å². The van der Waals surface area contributed by atoms with Crippen LogP contribution in [0.2, 0.25) is 0 Å². The molecule has 1 atom stereocenters. The van der Waals surface area contributed by atoms with Gasteiger partial charge < -0.3 is 15.5 Å². The first-order valence-corrected chi connectivity index (χ1v) is 10.3. The van der Waals surface area contributed by atoms with Crippen LogP contribution >= 0.6 is 0 Å². The molecule has 0 heterocycles. The number of nitrogens with zero attached hydrogens (tertiary/aromatic N) is 1. The monoisotopic (exact) mass is 367 g/mol. The van der Waals surface area contributed by atoms with Crippen molar-refractivity contribution >= 4 is 11.8 Å². The summed E-state index contributed by atoms with van der Waals surface area (Å²) in [6, 6.07) is 7.65. The zero-order chi connectivity index (χ0) is 19.6. The minimum atomic E-state index is 0.227. The number of allylic oxidation sites excluding steroid dienone is 1. The summed E-state index contributed by atoms with van der Waals surface area (Å²) < 4.78 is 0. The third-order valence-electron chi connectivity index (χ3n) is 5.82. The molecular weight excluding hydrogens is 330 g/mol. The van der Waals surface area contributed by atoms with Crippen LogP contribution in [0.15, 0.2) is 49.7 Å². The lowest BCUT2D eigenvalue weighted by Gasteiger charge is -2.33. The molecule has 3 nitrogen and oxygen atoms in total. The summed E-state index contributed by atoms with van der Waals surface area (Å²) >= 11 is 0. The molecule has 1 aromatic rings. The Kier molecular flexibility index (Phi) is 8.66. The average Bonchev–Trinajstić information content (AvgIpc) is 2.73. The van der Waals surface area contributed by atoms with Crippen LogP contribution in [-0.4, -0.2) is 26.2 Å². The molecule has 0 saturated heterocycles. The summed E-state index contributed by atoms with van der Waals surface area (Å²) in [6.07, 6.45) is 12.6. The van der Waals surface area contributed by atoms with E-state index >= 15 is 0 Å². The van der Waals surface area contributed by atoms with Gasteiger partial charge in [0.15, 0.2) is 0 Å². The van der Waals surface area contributed by atoms with Crippen LogP contribution in [0.3, 0.4) is 0 Å². The second-order valence-electron chi connectivity index (χ2n) is 7.56. The Hall–Kier alpha value is -2.00. The quantitative estimate of drug-likeness (QED) is 0.523. The Bertz CT molecular complexity index is 629. The maximum absolute atomic E-state index is 4.15. The van der Waals surface area contributed by atoms with Crippen LogP contribution in [0, 0.1) is 0 Å². The van der Waals surface area contributed by atoms with Crippen molar-refractivity contribution in [3.63, 3.8) is 0 Å². The molecule has 2 N–H and O–H groups in total. The fraction of sp³-hybridized carbons (Fsp3) is 0.500. The predicted octanol–water partition coefficient (Wildman–Crippen LogP) is 5.26. The Labute approximate surface area is 166 Å². The van der Waals surface area contributed by atoms with Gasteiger partial charge in [-0.25, -0.2) is 0 Å². The van der Waals surface area contributed by atoms with Crippen molar-refractivity contribution in [1.29, 1.82) is 0 Å². The van der Waals surface area contributed by atoms with Gasteiger partial charge >= 0.3 is 0 Å². The van der Waals surface area contributed by atoms with E-state index in [9.17, 15) is 0 Å². The Morgan fingerprint density at radius 2 is 2.00 bits per heavy atom. The third-order valence-corrected chi connectivity index (χ3v) is 5.82. The van der Waals surface area contributed by atoms with Gasteiger partial charge in [-0.2, -0.15) is 0 Å². The van der Waals surface area contributed by atoms with Crippen molar-refractivity contribution in [1.82, 2.24) is 10.6 Å². The molecule has 0 amide bonds. The van der Waals surface area contributed by atoms with Gasteiger partial charge in [0.2, 0.25) is 0 Å². The maximum Gasteiger partial charge on any atom is 0.0468 e. The summed E-state index contributed by atoms with van der Waals surface area (Å²) in [4.78, 5) is 2.47. The van der Waals surface area contributed by atoms with Gasteiger partial charge in [-0.05, 0) is 48.9 Å². The van der Waals surface area contributed by atoms with Crippen molar-refractivity contribution in [2.45, 2.75) is 63.6 Å². The smallest absolute Gasteiger partial charge is 0.0468 e. The number of nitrogens with one attached hydrogen (secondary N) is 2. The number of benzene rings is 1. The van der Waals surface area contributed by atoms with E-state index in [1.54, 1.807) is 0 Å². The van der Waals surface area contributed by atoms with E-state index in [0.717, 1.165) is 25.1 Å². The average molecular weight is 368 g/mol. The Morgan fingerprint density at radius 1 is 1.26 bits per heavy atom. The molecular formula is C24H37N3. The molecule has 0 radical (unpaired) electrons. The van der Waals surface area contributed by atoms with Crippen molar-refractivity contribution < 1.29 is 0 Å². The van der Waals surface area contributed by atoms with Crippen LogP contribution in [-0.2, 0) is 6.54 Å². The molecule has 3 heteroatoms. The highest BCUT2D eigenvalue weighted by Crippen LogP contribution is 2.28. The number of hydrogen-bond donors (Lipinski definition) is 2. The molecule has 0 aliphatic heterocycles. The van der Waals surface area contributed by atoms with Gasteiger partial charge in [-0.1, -0.05) is 50.6 Å². The fourth-order valence-corrected chi connectivity index (χ4v) is 3.93. The first-order chi connectivity index (χ1) is 13.1. The van der Waals surface area contributed by atoms with Crippen molar-refractivity contribution in [2.24, 2.45) is 0 Å². The number of rotatable bonds is 11. The molecule has 1 unspecified atom stereocenters. The van der Waals surface area contributed by atoms with Crippen molar-refractivity contribution in [2.75, 3.05) is 19.0 Å². The van der Waals surface area contributed by atoms with Crippen LogP contribution in [0.25, 0.3) is 6.08 Å². The molecule has 27 heavy (non-hydrogen) atoms. The second-order valence-corrected chi connectivity index (χ2v) is 7.56. The van der Waals surface area contributed by atoms with E-state index in [0.29, 0.717) is 6.04 Å². The molecule has 2 rings (SSSR count). The van der Waals surface area contributed by atoms with E-state index in [1.165, 1.54) is 48.9 Å². The van der Waals surface area contributed by atoms with Gasteiger partial charge in [0, 0.05) is 44.1 Å². The summed E-state index contributed by atoms with van der Waals surface area (Å²) in [5, 5.41) is 6.86. The minimum absolute atomic E-state index is 0.227. The van der Waals surface area contributed by atoms with Gasteiger partial charge in [0.05, 0.1) is 0 Å². The highest BCUT2D eigenvalue weighted by Gasteiger charge is 2.19. The van der Waals surface area contributed by atoms with Gasteiger partial charge in [-0.15, -0.1) is 6.58 Å². The van der Waals surface area contributed by atoms with E-state index in [1.807, 2.05) is 19.2 Å². The number of likely N-dealkylation sites (N-methyl/N-ethyl adjacent to an activating group) is 1. The van der Waals surface area contributed by atoms with E-state index < -0.39 is 0 Å². The normalized spacial score (nSPS) is 15.8. The highest BCUT2D eigenvalue weighted by molar-refractivity contribution is 5.59. The lowest BCUT2D eigenvalue weighted by molar-refractivity contribution is 0.427. The van der Waals surface area contributed by atoms with Crippen LogP contribution in [0.5, 0.6) is 0 Å². The summed E-state index contributed by atoms with van der Waals surface area (Å²) in [6.45, 7) is 12.8. The molecule has 148 valence electrons. The molecule has 1 saturated carbocycles. The SMILES string of the molecule is C=CCCC(NCc1cc(N(C)C2CCCCC2)ccc1C=C)C(=C)NC. The molecule has 1 aromatic carbocycles. The van der Waals surface area contributed by atoms with E-state index in [-0.39, 0.29) is 6.04 Å². The topological polar surface area (TPSA) is 27.3 Å². The van der Waals surface area contributed by atoms with Crippen LogP contribution < -0.4 is 15.5 Å². The number of hydrogen-bond acceptors (Lipinski definition) is 3. The lowest BCUT2D eigenvalue weighted by Crippen LogP contribution is -2.35. The van der Waals surface area contributed by atoms with Gasteiger partial charge in [-0.3, -0.25) is 0 Å². The van der Waals surface area contributed by atoms with E-state index in [2.05, 4.69) is 60.5 Å². The molecule has 0 spiro atoms. The summed E-state index contributed by atoms with van der Waals surface area (Å²) in [5.74, 6) is 0. The van der Waals surface area contributed by atoms with Gasteiger partial charge in [0.1, 0.15) is 0 Å². The Balaban J connectivity index is 2.12. The molecule has 1 aliphatic rings. The highest BCUT2D eigenvalue weighted by atomic mass is 15.1. The second kappa shape index (κ2) is 11.0. The van der Waals surface area contributed by atoms with Gasteiger partial charge in [0.25, 0.3) is 0 Å². The zero-order valence-corrected chi connectivity index (χ0v) is 17.3. The molecule has 0 aromatic heterocycles. The zero-order valence-electron chi connectivity index (χ0n) is 17.3. The largest absolute Gasteiger partial charge is 0.391 e. The van der Waals surface area contributed by atoms with E-state index in [4.69, 9.17) is 0 Å². The standard InChI is InChI=1S/C24H37N3/c1-6-8-14-24(19(3)25-4)26-18-21-17-23(16-15-20(21)7-2)27(5)22-12-10-9-11-13-22/h6-7,15-17,22,24-26H,1-3,8-14,18H2,4-5H3. The lowest BCUT2D eigenvalue weighted by atomic mass is 9.94. The molecule has 1 fully saturated rings. The third kappa shape index (κ3) is 6.00. The van der Waals surface area contributed by atoms with Crippen molar-refractivity contribution in [3.05, 3.63) is 60.8 Å².